The number of aromatic hydroxyl groups is 1. The van der Waals surface area contributed by atoms with Gasteiger partial charge in [0.1, 0.15) is 0 Å². The molecular formula is C25H21IN2O7. The molecule has 4 atom stereocenters. The molecule has 3 N–H and O–H groups in total. The standard InChI is InChI=1S/C25H21IN2O7/c1-9-5-16(29)20-14(21(9)30)8-13-11(18(20)10-6-15(26)22(31)17(7-10)35-2)3-4-12-19(13)24(33)28(23(12)32)25(27)34/h3,5-7,12-13,18-19,31H,4,8H2,1-2H3,(H2,27,34). The number of nitrogens with two attached hydrogens (primary N) is 1. The van der Waals surface area contributed by atoms with E-state index in [1.54, 1.807) is 19.1 Å². The summed E-state index contributed by atoms with van der Waals surface area (Å²) in [5.74, 6) is -4.60. The molecule has 5 rings (SSSR count). The van der Waals surface area contributed by atoms with E-state index in [0.29, 0.717) is 30.8 Å². The number of phenols is 1. The lowest BCUT2D eigenvalue weighted by Gasteiger charge is -2.42. The van der Waals surface area contributed by atoms with Crippen LogP contribution in [-0.4, -0.2) is 46.5 Å². The molecular weight excluding hydrogens is 567 g/mol. The number of benzene rings is 1. The Morgan fingerprint density at radius 1 is 1.17 bits per heavy atom. The van der Waals surface area contributed by atoms with Crippen LogP contribution in [0.5, 0.6) is 11.5 Å². The number of amides is 4. The van der Waals surface area contributed by atoms with Gasteiger partial charge in [-0.2, -0.15) is 4.90 Å². The highest BCUT2D eigenvalue weighted by Crippen LogP contribution is 2.55. The number of ketones is 2. The molecule has 0 spiro atoms. The monoisotopic (exact) mass is 588 g/mol. The molecule has 0 saturated carbocycles. The molecule has 1 heterocycles. The Morgan fingerprint density at radius 2 is 1.89 bits per heavy atom. The number of methoxy groups -OCH3 is 1. The maximum Gasteiger partial charge on any atom is 0.328 e. The minimum atomic E-state index is -1.12. The number of ether oxygens (including phenoxy) is 1. The number of urea groups is 1. The highest BCUT2D eigenvalue weighted by molar-refractivity contribution is 14.1. The molecule has 1 saturated heterocycles. The van der Waals surface area contributed by atoms with Crippen LogP contribution in [0.4, 0.5) is 4.79 Å². The first-order valence-corrected chi connectivity index (χ1v) is 12.1. The number of allylic oxidation sites excluding steroid dienone is 6. The van der Waals surface area contributed by atoms with Gasteiger partial charge in [0.25, 0.3) is 0 Å². The SMILES string of the molecule is COc1cc(C2C3=CCC4C(=O)N(C(N)=O)C(=O)C4C3CC3=C2C(=O)C=C(C)C3=O)cc(I)c1O. The van der Waals surface area contributed by atoms with Crippen molar-refractivity contribution in [1.29, 1.82) is 0 Å². The first kappa shape index (κ1) is 23.5. The first-order chi connectivity index (χ1) is 16.6. The van der Waals surface area contributed by atoms with Crippen molar-refractivity contribution in [2.24, 2.45) is 23.5 Å². The van der Waals surface area contributed by atoms with E-state index in [-0.39, 0.29) is 35.9 Å². The van der Waals surface area contributed by atoms with Crippen molar-refractivity contribution < 1.29 is 33.8 Å². The number of phenolic OH excluding ortho intramolecular Hbond substituents is 1. The van der Waals surface area contributed by atoms with Gasteiger partial charge in [-0.25, -0.2) is 4.79 Å². The van der Waals surface area contributed by atoms with Gasteiger partial charge in [0.2, 0.25) is 11.8 Å². The van der Waals surface area contributed by atoms with E-state index in [1.807, 2.05) is 28.7 Å². The van der Waals surface area contributed by atoms with Crippen LogP contribution in [0.1, 0.15) is 31.2 Å². The Balaban J connectivity index is 1.73. The van der Waals surface area contributed by atoms with Gasteiger partial charge >= 0.3 is 6.03 Å². The van der Waals surface area contributed by atoms with Crippen LogP contribution >= 0.6 is 22.6 Å². The fraction of sp³-hybridized carbons (Fsp3) is 0.320. The van der Waals surface area contributed by atoms with Crippen LogP contribution in [0.2, 0.25) is 0 Å². The number of carbonyl (C=O) groups is 5. The maximum atomic E-state index is 13.2. The zero-order valence-corrected chi connectivity index (χ0v) is 21.0. The summed E-state index contributed by atoms with van der Waals surface area (Å²) in [6.07, 6.45) is 3.47. The summed E-state index contributed by atoms with van der Waals surface area (Å²) in [6.45, 7) is 1.57. The van der Waals surface area contributed by atoms with Crippen molar-refractivity contribution in [2.75, 3.05) is 7.11 Å². The highest BCUT2D eigenvalue weighted by atomic mass is 127. The predicted molar refractivity (Wildman–Crippen MR) is 130 cm³/mol. The van der Waals surface area contributed by atoms with E-state index in [1.165, 1.54) is 13.2 Å². The number of nitrogens with zero attached hydrogens (tertiary/aromatic N) is 1. The van der Waals surface area contributed by atoms with Crippen molar-refractivity contribution in [2.45, 2.75) is 25.7 Å². The van der Waals surface area contributed by atoms with Crippen molar-refractivity contribution in [1.82, 2.24) is 4.90 Å². The second kappa shape index (κ2) is 8.14. The van der Waals surface area contributed by atoms with Crippen molar-refractivity contribution in [3.8, 4) is 11.5 Å². The number of primary amides is 1. The average Bonchev–Trinajstić information content (AvgIpc) is 3.08. The molecule has 4 aliphatic rings. The van der Waals surface area contributed by atoms with Gasteiger partial charge in [-0.05, 0) is 72.0 Å². The summed E-state index contributed by atoms with van der Waals surface area (Å²) in [5.41, 5.74) is 7.61. The summed E-state index contributed by atoms with van der Waals surface area (Å²) in [7, 11) is 1.41. The van der Waals surface area contributed by atoms with Crippen LogP contribution in [0, 0.1) is 21.3 Å². The third-order valence-electron chi connectivity index (χ3n) is 7.39. The third-order valence-corrected chi connectivity index (χ3v) is 8.21. The number of hydrogen-bond donors (Lipinski definition) is 2. The normalized spacial score (nSPS) is 27.8. The predicted octanol–water partition coefficient (Wildman–Crippen LogP) is 2.51. The van der Waals surface area contributed by atoms with Gasteiger partial charge in [0, 0.05) is 22.6 Å². The number of rotatable bonds is 2. The molecule has 4 amide bonds. The molecule has 4 unspecified atom stereocenters. The molecule has 1 aromatic carbocycles. The Kier molecular flexibility index (Phi) is 5.46. The minimum absolute atomic E-state index is 0.0495. The van der Waals surface area contributed by atoms with Gasteiger partial charge in [-0.15, -0.1) is 0 Å². The second-order valence-corrected chi connectivity index (χ2v) is 10.3. The smallest absolute Gasteiger partial charge is 0.328 e. The summed E-state index contributed by atoms with van der Waals surface area (Å²) < 4.78 is 5.81. The Labute approximate surface area is 213 Å². The molecule has 180 valence electrons. The van der Waals surface area contributed by atoms with Crippen LogP contribution in [-0.2, 0) is 19.2 Å². The molecule has 35 heavy (non-hydrogen) atoms. The van der Waals surface area contributed by atoms with Crippen molar-refractivity contribution in [3.05, 3.63) is 55.7 Å². The minimum Gasteiger partial charge on any atom is -0.504 e. The molecule has 0 bridgehead atoms. The van der Waals surface area contributed by atoms with Gasteiger partial charge < -0.3 is 15.6 Å². The molecule has 0 radical (unpaired) electrons. The maximum absolute atomic E-state index is 13.2. The van der Waals surface area contributed by atoms with Crippen LogP contribution < -0.4 is 10.5 Å². The number of hydrogen-bond acceptors (Lipinski definition) is 7. The van der Waals surface area contributed by atoms with E-state index in [9.17, 15) is 29.1 Å². The lowest BCUT2D eigenvalue weighted by Crippen LogP contribution is -2.42. The molecule has 1 aromatic rings. The van der Waals surface area contributed by atoms with Crippen LogP contribution in [0.25, 0.3) is 0 Å². The van der Waals surface area contributed by atoms with E-state index < -0.39 is 41.5 Å². The van der Waals surface area contributed by atoms with Crippen LogP contribution in [0.3, 0.4) is 0 Å². The Bertz CT molecular complexity index is 1360. The van der Waals surface area contributed by atoms with Gasteiger partial charge in [0.15, 0.2) is 23.1 Å². The van der Waals surface area contributed by atoms with Gasteiger partial charge in [-0.1, -0.05) is 11.6 Å². The number of imide groups is 3. The third kappa shape index (κ3) is 3.29. The largest absolute Gasteiger partial charge is 0.504 e. The topological polar surface area (TPSA) is 144 Å². The molecule has 1 aliphatic heterocycles. The summed E-state index contributed by atoms with van der Waals surface area (Å²) >= 11 is 1.96. The number of fused-ring (bicyclic) bond motifs is 3. The number of Topliss-reactive ketones (excluding diaryl/α,β-unsaturated/α-hetero) is 1. The molecule has 10 heteroatoms. The fourth-order valence-electron chi connectivity index (χ4n) is 5.89. The summed E-state index contributed by atoms with van der Waals surface area (Å²) in [5, 5.41) is 10.4. The summed E-state index contributed by atoms with van der Waals surface area (Å²) in [6, 6.07) is 2.20. The first-order valence-electron chi connectivity index (χ1n) is 11.0. The highest BCUT2D eigenvalue weighted by Gasteiger charge is 2.57. The van der Waals surface area contributed by atoms with E-state index in [2.05, 4.69) is 0 Å². The Hall–Kier alpha value is -3.28. The fourth-order valence-corrected chi connectivity index (χ4v) is 6.52. The van der Waals surface area contributed by atoms with Gasteiger partial charge in [0.05, 0.1) is 22.5 Å². The van der Waals surface area contributed by atoms with E-state index in [0.717, 1.165) is 5.57 Å². The van der Waals surface area contributed by atoms with Gasteiger partial charge in [-0.3, -0.25) is 19.2 Å². The zero-order valence-electron chi connectivity index (χ0n) is 18.8. The number of likely N-dealkylation sites (tertiary alicyclic amines) is 1. The van der Waals surface area contributed by atoms with Crippen molar-refractivity contribution >= 4 is 52.0 Å². The Morgan fingerprint density at radius 3 is 2.54 bits per heavy atom. The number of halogens is 1. The van der Waals surface area contributed by atoms with E-state index in [4.69, 9.17) is 10.5 Å². The molecule has 3 aliphatic carbocycles. The van der Waals surface area contributed by atoms with E-state index >= 15 is 0 Å². The summed E-state index contributed by atoms with van der Waals surface area (Å²) in [4.78, 5) is 64.8. The quantitative estimate of drug-likeness (QED) is 0.234. The zero-order chi connectivity index (χ0) is 25.3. The number of carbonyl (C=O) groups excluding carboxylic acids is 5. The van der Waals surface area contributed by atoms with Crippen LogP contribution in [0.15, 0.2) is 46.6 Å². The lowest BCUT2D eigenvalue weighted by molar-refractivity contribution is -0.136. The second-order valence-electron chi connectivity index (χ2n) is 9.13. The lowest BCUT2D eigenvalue weighted by atomic mass is 9.59. The molecule has 1 fully saturated rings. The average molecular weight is 588 g/mol. The van der Waals surface area contributed by atoms with Crippen molar-refractivity contribution in [3.63, 3.8) is 0 Å². The molecule has 9 nitrogen and oxygen atoms in total. The molecule has 0 aromatic heterocycles.